The fraction of sp³-hybridized carbons (Fsp3) is 0.353. The zero-order chi connectivity index (χ0) is 16.3. The van der Waals surface area contributed by atoms with Crippen LogP contribution >= 0.6 is 0 Å². The van der Waals surface area contributed by atoms with Gasteiger partial charge in [0, 0.05) is 11.5 Å². The summed E-state index contributed by atoms with van der Waals surface area (Å²) in [5.74, 6) is -0.0371. The first-order valence-electron chi connectivity index (χ1n) is 7.25. The average Bonchev–Trinajstić information content (AvgIpc) is 2.47. The highest BCUT2D eigenvalue weighted by Gasteiger charge is 2.21. The lowest BCUT2D eigenvalue weighted by molar-refractivity contribution is 0.0525. The van der Waals surface area contributed by atoms with E-state index in [1.807, 2.05) is 13.8 Å². The third-order valence-electron chi connectivity index (χ3n) is 3.22. The van der Waals surface area contributed by atoms with Gasteiger partial charge in [0.15, 0.2) is 0 Å². The van der Waals surface area contributed by atoms with Crippen molar-refractivity contribution in [1.82, 2.24) is 9.97 Å². The number of carbonyl (C=O) groups is 1. The predicted octanol–water partition coefficient (Wildman–Crippen LogP) is 3.89. The van der Waals surface area contributed by atoms with Crippen molar-refractivity contribution < 1.29 is 13.9 Å². The predicted molar refractivity (Wildman–Crippen MR) is 82.2 cm³/mol. The van der Waals surface area contributed by atoms with Crippen LogP contribution in [0.1, 0.15) is 48.6 Å². The number of aromatic nitrogens is 2. The number of ether oxygens (including phenoxy) is 1. The van der Waals surface area contributed by atoms with Crippen molar-refractivity contribution in [3.8, 4) is 11.3 Å². The van der Waals surface area contributed by atoms with Gasteiger partial charge in [-0.2, -0.15) is 0 Å². The van der Waals surface area contributed by atoms with Crippen molar-refractivity contribution in [3.63, 3.8) is 0 Å². The summed E-state index contributed by atoms with van der Waals surface area (Å²) in [5, 5.41) is 0. The molecule has 116 valence electrons. The Morgan fingerprint density at radius 2 is 1.86 bits per heavy atom. The van der Waals surface area contributed by atoms with E-state index >= 15 is 0 Å². The maximum atomic E-state index is 13.1. The van der Waals surface area contributed by atoms with Crippen molar-refractivity contribution in [2.45, 2.75) is 33.6 Å². The number of benzene rings is 1. The Morgan fingerprint density at radius 3 is 2.41 bits per heavy atom. The number of hydrogen-bond donors (Lipinski definition) is 0. The van der Waals surface area contributed by atoms with Crippen LogP contribution in [0.15, 0.2) is 24.3 Å². The summed E-state index contributed by atoms with van der Waals surface area (Å²) in [6.07, 6.45) is 0. The fourth-order valence-electron chi connectivity index (χ4n) is 2.12. The van der Waals surface area contributed by atoms with E-state index in [1.165, 1.54) is 12.1 Å². The Hall–Kier alpha value is -2.30. The van der Waals surface area contributed by atoms with Crippen molar-refractivity contribution in [1.29, 1.82) is 0 Å². The third-order valence-corrected chi connectivity index (χ3v) is 3.22. The van der Waals surface area contributed by atoms with Crippen molar-refractivity contribution in [3.05, 3.63) is 47.2 Å². The maximum absolute atomic E-state index is 13.1. The van der Waals surface area contributed by atoms with E-state index in [2.05, 4.69) is 9.97 Å². The summed E-state index contributed by atoms with van der Waals surface area (Å²) >= 11 is 0. The molecule has 0 fully saturated rings. The van der Waals surface area contributed by atoms with Crippen LogP contribution < -0.4 is 0 Å². The number of esters is 1. The molecule has 2 rings (SSSR count). The van der Waals surface area contributed by atoms with E-state index in [0.717, 1.165) is 0 Å². The molecule has 0 aliphatic carbocycles. The molecule has 4 nitrogen and oxygen atoms in total. The molecule has 0 bridgehead atoms. The van der Waals surface area contributed by atoms with Gasteiger partial charge < -0.3 is 4.74 Å². The molecule has 5 heteroatoms. The highest BCUT2D eigenvalue weighted by Crippen LogP contribution is 2.26. The SMILES string of the molecule is CCOC(=O)c1c(C)nc(C(C)C)nc1-c1ccc(F)cc1. The fourth-order valence-corrected chi connectivity index (χ4v) is 2.12. The summed E-state index contributed by atoms with van der Waals surface area (Å²) in [7, 11) is 0. The summed E-state index contributed by atoms with van der Waals surface area (Å²) in [4.78, 5) is 21.1. The van der Waals surface area contributed by atoms with Crippen LogP contribution in [0.5, 0.6) is 0 Å². The first-order chi connectivity index (χ1) is 10.4. The van der Waals surface area contributed by atoms with Crippen LogP contribution in [-0.2, 0) is 4.74 Å². The third kappa shape index (κ3) is 3.30. The molecule has 0 amide bonds. The lowest BCUT2D eigenvalue weighted by Gasteiger charge is -2.14. The Labute approximate surface area is 129 Å². The van der Waals surface area contributed by atoms with Gasteiger partial charge in [-0.3, -0.25) is 0 Å². The van der Waals surface area contributed by atoms with Gasteiger partial charge in [-0.1, -0.05) is 13.8 Å². The van der Waals surface area contributed by atoms with Crippen LogP contribution in [0.2, 0.25) is 0 Å². The van der Waals surface area contributed by atoms with E-state index in [4.69, 9.17) is 4.74 Å². The van der Waals surface area contributed by atoms with Crippen LogP contribution in [0.4, 0.5) is 4.39 Å². The van der Waals surface area contributed by atoms with E-state index < -0.39 is 5.97 Å². The Kier molecular flexibility index (Phi) is 4.85. The number of aryl methyl sites for hydroxylation is 1. The standard InChI is InChI=1S/C17H19FN2O2/c1-5-22-17(21)14-11(4)19-16(10(2)3)20-15(14)12-6-8-13(18)9-7-12/h6-10H,5H2,1-4H3. The number of nitrogens with zero attached hydrogens (tertiary/aromatic N) is 2. The van der Waals surface area contributed by atoms with Gasteiger partial charge in [0.25, 0.3) is 0 Å². The molecule has 0 unspecified atom stereocenters. The van der Waals surface area contributed by atoms with Crippen LogP contribution in [-0.4, -0.2) is 22.5 Å². The molecular weight excluding hydrogens is 283 g/mol. The largest absolute Gasteiger partial charge is 0.462 e. The highest BCUT2D eigenvalue weighted by molar-refractivity contribution is 5.97. The van der Waals surface area contributed by atoms with Gasteiger partial charge in [0.1, 0.15) is 17.2 Å². The summed E-state index contributed by atoms with van der Waals surface area (Å²) in [5.41, 5.74) is 2.04. The van der Waals surface area contributed by atoms with Crippen LogP contribution in [0, 0.1) is 12.7 Å². The van der Waals surface area contributed by atoms with Crippen molar-refractivity contribution in [2.75, 3.05) is 6.61 Å². The molecule has 0 radical (unpaired) electrons. The van der Waals surface area contributed by atoms with Gasteiger partial charge in [0.2, 0.25) is 0 Å². The maximum Gasteiger partial charge on any atom is 0.342 e. The average molecular weight is 302 g/mol. The Morgan fingerprint density at radius 1 is 1.23 bits per heavy atom. The number of carbonyl (C=O) groups excluding carboxylic acids is 1. The molecule has 22 heavy (non-hydrogen) atoms. The van der Waals surface area contributed by atoms with E-state index in [1.54, 1.807) is 26.0 Å². The second-order valence-electron chi connectivity index (χ2n) is 5.27. The molecule has 1 aromatic heterocycles. The minimum atomic E-state index is -0.463. The Balaban J connectivity index is 2.66. The molecule has 0 saturated heterocycles. The second kappa shape index (κ2) is 6.64. The number of halogens is 1. The first-order valence-corrected chi connectivity index (χ1v) is 7.25. The van der Waals surface area contributed by atoms with Gasteiger partial charge in [-0.25, -0.2) is 19.2 Å². The molecule has 0 N–H and O–H groups in total. The summed E-state index contributed by atoms with van der Waals surface area (Å²) in [6, 6.07) is 5.89. The molecule has 0 saturated carbocycles. The van der Waals surface area contributed by atoms with Gasteiger partial charge in [-0.15, -0.1) is 0 Å². The van der Waals surface area contributed by atoms with E-state index in [-0.39, 0.29) is 18.3 Å². The minimum Gasteiger partial charge on any atom is -0.462 e. The molecule has 0 aliphatic heterocycles. The monoisotopic (exact) mass is 302 g/mol. The smallest absolute Gasteiger partial charge is 0.342 e. The number of rotatable bonds is 4. The van der Waals surface area contributed by atoms with E-state index in [0.29, 0.717) is 28.3 Å². The highest BCUT2D eigenvalue weighted by atomic mass is 19.1. The lowest BCUT2D eigenvalue weighted by Crippen LogP contribution is -2.14. The molecule has 1 heterocycles. The zero-order valence-electron chi connectivity index (χ0n) is 13.2. The lowest BCUT2D eigenvalue weighted by atomic mass is 10.0. The van der Waals surface area contributed by atoms with Gasteiger partial charge in [0.05, 0.1) is 18.0 Å². The quantitative estimate of drug-likeness (QED) is 0.804. The topological polar surface area (TPSA) is 52.1 Å². The normalized spacial score (nSPS) is 10.8. The molecule has 2 aromatic rings. The zero-order valence-corrected chi connectivity index (χ0v) is 13.2. The van der Waals surface area contributed by atoms with E-state index in [9.17, 15) is 9.18 Å². The second-order valence-corrected chi connectivity index (χ2v) is 5.27. The minimum absolute atomic E-state index is 0.120. The van der Waals surface area contributed by atoms with Crippen LogP contribution in [0.25, 0.3) is 11.3 Å². The molecule has 0 aliphatic rings. The van der Waals surface area contributed by atoms with Gasteiger partial charge >= 0.3 is 5.97 Å². The van der Waals surface area contributed by atoms with Gasteiger partial charge in [-0.05, 0) is 38.1 Å². The first kappa shape index (κ1) is 16.1. The van der Waals surface area contributed by atoms with Crippen LogP contribution in [0.3, 0.4) is 0 Å². The Bertz CT molecular complexity index is 682. The molecule has 0 spiro atoms. The van der Waals surface area contributed by atoms with Crippen molar-refractivity contribution >= 4 is 5.97 Å². The molecular formula is C17H19FN2O2. The molecule has 0 atom stereocenters. The van der Waals surface area contributed by atoms with Crippen molar-refractivity contribution in [2.24, 2.45) is 0 Å². The number of hydrogen-bond acceptors (Lipinski definition) is 4. The summed E-state index contributed by atoms with van der Waals surface area (Å²) in [6.45, 7) is 7.73. The summed E-state index contributed by atoms with van der Waals surface area (Å²) < 4.78 is 18.2. The molecule has 1 aromatic carbocycles.